The van der Waals surface area contributed by atoms with E-state index in [0.29, 0.717) is 10.6 Å². The van der Waals surface area contributed by atoms with E-state index in [1.165, 1.54) is 12.3 Å². The van der Waals surface area contributed by atoms with E-state index in [-0.39, 0.29) is 5.69 Å². The van der Waals surface area contributed by atoms with E-state index in [0.717, 1.165) is 16.6 Å². The molecule has 0 radical (unpaired) electrons. The van der Waals surface area contributed by atoms with Crippen molar-refractivity contribution in [3.8, 4) is 0 Å². The summed E-state index contributed by atoms with van der Waals surface area (Å²) in [4.78, 5) is 17.5. The lowest BCUT2D eigenvalue weighted by atomic mass is 10.1. The fourth-order valence-corrected chi connectivity index (χ4v) is 3.17. The number of fused-ring (bicyclic) bond motifs is 1. The second-order valence-electron chi connectivity index (χ2n) is 6.25. The Morgan fingerprint density at radius 2 is 1.74 bits per heavy atom. The van der Waals surface area contributed by atoms with Gasteiger partial charge in [-0.1, -0.05) is 42.5 Å². The number of pyridine rings is 1. The molecule has 1 atom stereocenters. The van der Waals surface area contributed by atoms with Crippen LogP contribution < -0.4 is 10.0 Å². The van der Waals surface area contributed by atoms with Gasteiger partial charge in [-0.05, 0) is 23.8 Å². The first kappa shape index (κ1) is 16.8. The maximum atomic E-state index is 12.8. The second kappa shape index (κ2) is 6.92. The van der Waals surface area contributed by atoms with Crippen molar-refractivity contribution in [3.63, 3.8) is 0 Å². The summed E-state index contributed by atoms with van der Waals surface area (Å²) in [6.45, 7) is 0. The molecule has 4 rings (SSSR count). The van der Waals surface area contributed by atoms with Crippen molar-refractivity contribution < 1.29 is 9.52 Å². The van der Waals surface area contributed by atoms with Crippen LogP contribution in [0.3, 0.4) is 0 Å². The first-order valence-electron chi connectivity index (χ1n) is 8.60. The van der Waals surface area contributed by atoms with Crippen LogP contribution >= 0.6 is 0 Å². The van der Waals surface area contributed by atoms with Gasteiger partial charge in [-0.3, -0.25) is 4.79 Å². The molecule has 0 bridgehead atoms. The van der Waals surface area contributed by atoms with Crippen molar-refractivity contribution in [3.05, 3.63) is 101 Å². The number of nitrogens with zero attached hydrogens (tertiary/aromatic N) is 3. The van der Waals surface area contributed by atoms with Gasteiger partial charge < -0.3 is 15.1 Å². The van der Waals surface area contributed by atoms with E-state index in [4.69, 9.17) is 4.98 Å². The van der Waals surface area contributed by atoms with E-state index >= 15 is 0 Å². The van der Waals surface area contributed by atoms with Crippen LogP contribution in [0.15, 0.2) is 79.0 Å². The Morgan fingerprint density at radius 1 is 1.04 bits per heavy atom. The highest BCUT2D eigenvalue weighted by atomic mass is 16.5. The Bertz CT molecular complexity index is 1110. The molecular weight excluding hydrogens is 340 g/mol. The molecule has 6 nitrogen and oxygen atoms in total. The maximum Gasteiger partial charge on any atom is 0.318 e. The van der Waals surface area contributed by atoms with Crippen LogP contribution in [0.2, 0.25) is 0 Å². The number of amides is 1. The van der Waals surface area contributed by atoms with Crippen LogP contribution in [0.5, 0.6) is 0 Å². The number of aryl methyl sites for hydroxylation is 1. The van der Waals surface area contributed by atoms with Crippen LogP contribution in [0.25, 0.3) is 11.0 Å². The molecule has 0 aliphatic rings. The Hall–Kier alpha value is -3.67. The third kappa shape index (κ3) is 3.13. The number of hydrogen-bond donors (Lipinski definition) is 1. The molecule has 4 aromatic rings. The van der Waals surface area contributed by atoms with Crippen LogP contribution in [0.4, 0.5) is 0 Å². The van der Waals surface area contributed by atoms with Gasteiger partial charge in [-0.25, -0.2) is 4.98 Å². The number of hydrogen-bond acceptors (Lipinski definition) is 3. The van der Waals surface area contributed by atoms with Gasteiger partial charge >= 0.3 is 5.91 Å². The van der Waals surface area contributed by atoms with Gasteiger partial charge in [-0.15, -0.1) is 0 Å². The lowest BCUT2D eigenvalue weighted by molar-refractivity contribution is -0.607. The van der Waals surface area contributed by atoms with Gasteiger partial charge in [-0.2, -0.15) is 4.73 Å². The Balaban J connectivity index is 1.79. The van der Waals surface area contributed by atoms with Gasteiger partial charge in [0.1, 0.15) is 11.9 Å². The molecule has 0 unspecified atom stereocenters. The second-order valence-corrected chi connectivity index (χ2v) is 6.25. The molecule has 2 aromatic carbocycles. The van der Waals surface area contributed by atoms with Crippen LogP contribution in [0, 0.1) is 5.21 Å². The summed E-state index contributed by atoms with van der Waals surface area (Å²) in [5.41, 5.74) is 2.75. The minimum Gasteiger partial charge on any atom is -0.618 e. The highest BCUT2D eigenvalue weighted by Crippen LogP contribution is 2.25. The third-order valence-electron chi connectivity index (χ3n) is 4.55. The normalized spacial score (nSPS) is 12.0. The molecule has 134 valence electrons. The number of para-hydroxylation sites is 2. The van der Waals surface area contributed by atoms with Crippen molar-refractivity contribution in [1.29, 1.82) is 0 Å². The van der Waals surface area contributed by atoms with Gasteiger partial charge in [0.25, 0.3) is 5.69 Å². The molecule has 1 N–H and O–H groups in total. The lowest BCUT2D eigenvalue weighted by Crippen LogP contribution is -2.41. The summed E-state index contributed by atoms with van der Waals surface area (Å²) in [5.74, 6) is 0.246. The van der Waals surface area contributed by atoms with E-state index in [9.17, 15) is 10.0 Å². The van der Waals surface area contributed by atoms with Crippen LogP contribution in [0.1, 0.15) is 27.9 Å². The fourth-order valence-electron chi connectivity index (χ4n) is 3.17. The molecule has 0 saturated carbocycles. The number of carbonyl (C=O) groups excluding carboxylic acids is 1. The van der Waals surface area contributed by atoms with Crippen molar-refractivity contribution in [2.24, 2.45) is 7.05 Å². The van der Waals surface area contributed by atoms with Crippen molar-refractivity contribution in [2.75, 3.05) is 0 Å². The quantitative estimate of drug-likeness (QED) is 0.450. The average molecular weight is 358 g/mol. The summed E-state index contributed by atoms with van der Waals surface area (Å²) in [7, 11) is 1.92. The zero-order valence-corrected chi connectivity index (χ0v) is 14.7. The largest absolute Gasteiger partial charge is 0.618 e. The van der Waals surface area contributed by atoms with E-state index in [2.05, 4.69) is 5.32 Å². The first-order chi connectivity index (χ1) is 13.1. The zero-order chi connectivity index (χ0) is 18.8. The highest BCUT2D eigenvalue weighted by molar-refractivity contribution is 5.91. The lowest BCUT2D eigenvalue weighted by Gasteiger charge is -2.19. The summed E-state index contributed by atoms with van der Waals surface area (Å²) in [6, 6.07) is 21.7. The molecule has 1 amide bonds. The summed E-state index contributed by atoms with van der Waals surface area (Å²) < 4.78 is 2.52. The molecule has 6 heteroatoms. The molecule has 2 heterocycles. The van der Waals surface area contributed by atoms with Crippen LogP contribution in [-0.2, 0) is 7.05 Å². The highest BCUT2D eigenvalue weighted by Gasteiger charge is 2.25. The van der Waals surface area contributed by atoms with Crippen molar-refractivity contribution >= 4 is 16.9 Å². The molecule has 0 aliphatic heterocycles. The monoisotopic (exact) mass is 358 g/mol. The van der Waals surface area contributed by atoms with Gasteiger partial charge in [0.15, 0.2) is 6.20 Å². The number of carbonyl (C=O) groups is 1. The molecule has 0 saturated heterocycles. The zero-order valence-electron chi connectivity index (χ0n) is 14.7. The van der Waals surface area contributed by atoms with Gasteiger partial charge in [0, 0.05) is 19.2 Å². The summed E-state index contributed by atoms with van der Waals surface area (Å²) in [5, 5.41) is 14.9. The molecular formula is C21H18N4O2. The predicted octanol–water partition coefficient (Wildman–Crippen LogP) is 2.73. The smallest absolute Gasteiger partial charge is 0.318 e. The van der Waals surface area contributed by atoms with E-state index in [1.807, 2.05) is 66.2 Å². The molecule has 27 heavy (non-hydrogen) atoms. The maximum absolute atomic E-state index is 12.8. The molecule has 0 spiro atoms. The number of rotatable bonds is 4. The Kier molecular flexibility index (Phi) is 4.30. The standard InChI is InChI=1S/C21H18N4O2/c1-24-17-12-6-5-11-16(17)22-20(24)19(15-9-3-2-4-10-15)23-21(26)18-13-7-8-14-25(18)27/h2-14,19H,1H3,(H,23,26)/t19-/m1/s1. The third-order valence-corrected chi connectivity index (χ3v) is 4.55. The van der Waals surface area contributed by atoms with E-state index in [1.54, 1.807) is 12.1 Å². The van der Waals surface area contributed by atoms with E-state index < -0.39 is 11.9 Å². The van der Waals surface area contributed by atoms with Crippen molar-refractivity contribution in [2.45, 2.75) is 6.04 Å². The number of aromatic nitrogens is 3. The average Bonchev–Trinajstić information content (AvgIpc) is 3.04. The van der Waals surface area contributed by atoms with Gasteiger partial charge in [0.2, 0.25) is 0 Å². The Labute approximate surface area is 156 Å². The summed E-state index contributed by atoms with van der Waals surface area (Å²) >= 11 is 0. The van der Waals surface area contributed by atoms with Crippen molar-refractivity contribution in [1.82, 2.24) is 14.9 Å². The number of nitrogens with one attached hydrogen (secondary N) is 1. The first-order valence-corrected chi connectivity index (χ1v) is 8.60. The molecule has 0 fully saturated rings. The number of benzene rings is 2. The SMILES string of the molecule is Cn1c([C@H](NC(=O)c2cccc[n+]2[O-])c2ccccc2)nc2ccccc21. The minimum absolute atomic E-state index is 0.0391. The minimum atomic E-state index is -0.490. The predicted molar refractivity (Wildman–Crippen MR) is 102 cm³/mol. The Morgan fingerprint density at radius 3 is 2.48 bits per heavy atom. The number of imidazole rings is 1. The molecule has 2 aromatic heterocycles. The topological polar surface area (TPSA) is 73.9 Å². The van der Waals surface area contributed by atoms with Gasteiger partial charge in [0.05, 0.1) is 11.0 Å². The summed E-state index contributed by atoms with van der Waals surface area (Å²) in [6.07, 6.45) is 1.31. The fraction of sp³-hybridized carbons (Fsp3) is 0.0952. The molecule has 0 aliphatic carbocycles. The van der Waals surface area contributed by atoms with Crippen LogP contribution in [-0.4, -0.2) is 15.5 Å².